The third kappa shape index (κ3) is 2.20. The zero-order valence-electron chi connectivity index (χ0n) is 8.40. The first-order chi connectivity index (χ1) is 6.86. The van der Waals surface area contributed by atoms with Gasteiger partial charge in [0.2, 0.25) is 5.95 Å². The molecular formula is C8H16N6. The van der Waals surface area contributed by atoms with Crippen LogP contribution in [0.1, 0.15) is 12.8 Å². The monoisotopic (exact) mass is 196 g/mol. The summed E-state index contributed by atoms with van der Waals surface area (Å²) < 4.78 is 1.65. The standard InChI is InChI=1S/C8H16N6/c1-14-8(11-12-13-14)10-5-3-7-2-4-9-6-7/h7,9H,2-6H2,1H3,(H,10,11,13). The maximum absolute atomic E-state index is 3.86. The molecule has 2 N–H and O–H groups in total. The minimum atomic E-state index is 0.746. The molecule has 2 heterocycles. The zero-order valence-corrected chi connectivity index (χ0v) is 8.40. The van der Waals surface area contributed by atoms with Crippen LogP contribution in [0.4, 0.5) is 5.95 Å². The highest BCUT2D eigenvalue weighted by atomic mass is 15.6. The Hall–Kier alpha value is -1.17. The van der Waals surface area contributed by atoms with Crippen molar-refractivity contribution in [2.45, 2.75) is 12.8 Å². The summed E-state index contributed by atoms with van der Waals surface area (Å²) in [7, 11) is 1.83. The Morgan fingerprint density at radius 2 is 2.57 bits per heavy atom. The molecule has 0 spiro atoms. The smallest absolute Gasteiger partial charge is 0.242 e. The predicted octanol–water partition coefficient (Wildman–Crippen LogP) is -0.378. The molecule has 6 nitrogen and oxygen atoms in total. The van der Waals surface area contributed by atoms with Gasteiger partial charge in [-0.05, 0) is 42.3 Å². The van der Waals surface area contributed by atoms with Crippen LogP contribution >= 0.6 is 0 Å². The number of anilines is 1. The van der Waals surface area contributed by atoms with E-state index < -0.39 is 0 Å². The molecule has 0 saturated carbocycles. The van der Waals surface area contributed by atoms with Crippen molar-refractivity contribution >= 4 is 5.95 Å². The van der Waals surface area contributed by atoms with Crippen LogP contribution in [0, 0.1) is 5.92 Å². The van der Waals surface area contributed by atoms with Crippen LogP contribution in [-0.4, -0.2) is 39.8 Å². The van der Waals surface area contributed by atoms with Gasteiger partial charge in [-0.25, -0.2) is 4.68 Å². The summed E-state index contributed by atoms with van der Waals surface area (Å²) >= 11 is 0. The van der Waals surface area contributed by atoms with E-state index in [0.717, 1.165) is 31.5 Å². The van der Waals surface area contributed by atoms with Crippen molar-refractivity contribution in [3.8, 4) is 0 Å². The molecule has 1 aromatic rings. The van der Waals surface area contributed by atoms with Crippen molar-refractivity contribution in [2.24, 2.45) is 13.0 Å². The van der Waals surface area contributed by atoms with Crippen molar-refractivity contribution in [1.29, 1.82) is 0 Å². The van der Waals surface area contributed by atoms with Crippen molar-refractivity contribution in [2.75, 3.05) is 25.0 Å². The first kappa shape index (κ1) is 9.39. The lowest BCUT2D eigenvalue weighted by Gasteiger charge is -2.08. The van der Waals surface area contributed by atoms with Crippen molar-refractivity contribution < 1.29 is 0 Å². The molecule has 1 unspecified atom stereocenters. The van der Waals surface area contributed by atoms with Gasteiger partial charge >= 0.3 is 0 Å². The normalized spacial score (nSPS) is 21.4. The zero-order chi connectivity index (χ0) is 9.80. The summed E-state index contributed by atoms with van der Waals surface area (Å²) in [6, 6.07) is 0. The fourth-order valence-corrected chi connectivity index (χ4v) is 1.73. The maximum Gasteiger partial charge on any atom is 0.242 e. The van der Waals surface area contributed by atoms with Gasteiger partial charge in [-0.3, -0.25) is 0 Å². The Morgan fingerprint density at radius 3 is 3.21 bits per heavy atom. The van der Waals surface area contributed by atoms with E-state index in [1.165, 1.54) is 12.8 Å². The summed E-state index contributed by atoms with van der Waals surface area (Å²) in [6.07, 6.45) is 2.47. The molecule has 0 aliphatic carbocycles. The lowest BCUT2D eigenvalue weighted by molar-refractivity contribution is 0.547. The average Bonchev–Trinajstić information content (AvgIpc) is 2.78. The summed E-state index contributed by atoms with van der Waals surface area (Å²) in [4.78, 5) is 0. The van der Waals surface area contributed by atoms with Gasteiger partial charge in [0.1, 0.15) is 0 Å². The van der Waals surface area contributed by atoms with Gasteiger partial charge in [-0.15, -0.1) is 0 Å². The Kier molecular flexibility index (Phi) is 2.93. The van der Waals surface area contributed by atoms with Crippen molar-refractivity contribution in [3.63, 3.8) is 0 Å². The van der Waals surface area contributed by atoms with Gasteiger partial charge in [0, 0.05) is 13.6 Å². The van der Waals surface area contributed by atoms with E-state index >= 15 is 0 Å². The summed E-state index contributed by atoms with van der Waals surface area (Å²) in [6.45, 7) is 3.26. The number of hydrogen-bond acceptors (Lipinski definition) is 5. The molecule has 0 amide bonds. The minimum absolute atomic E-state index is 0.746. The Morgan fingerprint density at radius 1 is 1.64 bits per heavy atom. The molecule has 0 radical (unpaired) electrons. The molecular weight excluding hydrogens is 180 g/mol. The SMILES string of the molecule is Cn1nnnc1NCCC1CCNC1. The Bertz CT molecular complexity index is 277. The highest BCUT2D eigenvalue weighted by molar-refractivity contribution is 5.20. The van der Waals surface area contributed by atoms with Crippen LogP contribution in [0.15, 0.2) is 0 Å². The number of nitrogens with one attached hydrogen (secondary N) is 2. The molecule has 1 aliphatic heterocycles. The summed E-state index contributed by atoms with van der Waals surface area (Å²) in [5.74, 6) is 1.56. The van der Waals surface area contributed by atoms with E-state index in [0.29, 0.717) is 0 Å². The fraction of sp³-hybridized carbons (Fsp3) is 0.875. The number of rotatable bonds is 4. The number of hydrogen-bond donors (Lipinski definition) is 2. The molecule has 14 heavy (non-hydrogen) atoms. The summed E-state index contributed by atoms with van der Waals surface area (Å²) in [5.41, 5.74) is 0. The minimum Gasteiger partial charge on any atom is -0.353 e. The van der Waals surface area contributed by atoms with Crippen LogP contribution in [0.5, 0.6) is 0 Å². The second-order valence-corrected chi connectivity index (χ2v) is 3.70. The lowest BCUT2D eigenvalue weighted by atomic mass is 10.1. The van der Waals surface area contributed by atoms with E-state index in [4.69, 9.17) is 0 Å². The molecule has 2 rings (SSSR count). The molecule has 1 aromatic heterocycles. The maximum atomic E-state index is 3.86. The van der Waals surface area contributed by atoms with Crippen LogP contribution in [0.2, 0.25) is 0 Å². The van der Waals surface area contributed by atoms with E-state index in [-0.39, 0.29) is 0 Å². The van der Waals surface area contributed by atoms with Crippen LogP contribution in [0.3, 0.4) is 0 Å². The lowest BCUT2D eigenvalue weighted by Crippen LogP contribution is -2.14. The van der Waals surface area contributed by atoms with Gasteiger partial charge in [-0.2, -0.15) is 0 Å². The van der Waals surface area contributed by atoms with Crippen LogP contribution < -0.4 is 10.6 Å². The highest BCUT2D eigenvalue weighted by Gasteiger charge is 2.13. The first-order valence-corrected chi connectivity index (χ1v) is 5.03. The second kappa shape index (κ2) is 4.36. The first-order valence-electron chi connectivity index (χ1n) is 5.03. The molecule has 1 saturated heterocycles. The molecule has 1 atom stereocenters. The quantitative estimate of drug-likeness (QED) is 0.687. The van der Waals surface area contributed by atoms with Gasteiger partial charge in [0.25, 0.3) is 0 Å². The third-order valence-corrected chi connectivity index (χ3v) is 2.62. The molecule has 1 aliphatic rings. The number of nitrogens with zero attached hydrogens (tertiary/aromatic N) is 4. The molecule has 0 bridgehead atoms. The topological polar surface area (TPSA) is 67.7 Å². The number of aromatic nitrogens is 4. The Balaban J connectivity index is 1.70. The second-order valence-electron chi connectivity index (χ2n) is 3.70. The van der Waals surface area contributed by atoms with E-state index in [1.807, 2.05) is 7.05 Å². The largest absolute Gasteiger partial charge is 0.353 e. The predicted molar refractivity (Wildman–Crippen MR) is 52.9 cm³/mol. The summed E-state index contributed by atoms with van der Waals surface area (Å²) in [5, 5.41) is 17.7. The van der Waals surface area contributed by atoms with Gasteiger partial charge in [0.15, 0.2) is 0 Å². The number of aryl methyl sites for hydroxylation is 1. The Labute approximate surface area is 83.1 Å². The van der Waals surface area contributed by atoms with E-state index in [2.05, 4.69) is 26.2 Å². The molecule has 0 aromatic carbocycles. The van der Waals surface area contributed by atoms with Crippen LogP contribution in [0.25, 0.3) is 0 Å². The van der Waals surface area contributed by atoms with Gasteiger partial charge in [-0.1, -0.05) is 5.10 Å². The van der Waals surface area contributed by atoms with Gasteiger partial charge in [0.05, 0.1) is 0 Å². The number of tetrazole rings is 1. The molecule has 6 heteroatoms. The van der Waals surface area contributed by atoms with Crippen LogP contribution in [-0.2, 0) is 7.05 Å². The van der Waals surface area contributed by atoms with Gasteiger partial charge < -0.3 is 10.6 Å². The van der Waals surface area contributed by atoms with E-state index in [1.54, 1.807) is 4.68 Å². The third-order valence-electron chi connectivity index (χ3n) is 2.62. The highest BCUT2D eigenvalue weighted by Crippen LogP contribution is 2.11. The fourth-order valence-electron chi connectivity index (χ4n) is 1.73. The molecule has 1 fully saturated rings. The van der Waals surface area contributed by atoms with Crippen molar-refractivity contribution in [1.82, 2.24) is 25.5 Å². The average molecular weight is 196 g/mol. The van der Waals surface area contributed by atoms with Crippen molar-refractivity contribution in [3.05, 3.63) is 0 Å². The molecule has 78 valence electrons. The van der Waals surface area contributed by atoms with E-state index in [9.17, 15) is 0 Å².